The quantitative estimate of drug-likeness (QED) is 0.739. The van der Waals surface area contributed by atoms with Crippen LogP contribution in [0.5, 0.6) is 0 Å². The summed E-state index contributed by atoms with van der Waals surface area (Å²) in [6.07, 6.45) is 3.30. The van der Waals surface area contributed by atoms with Gasteiger partial charge in [0.25, 0.3) is 5.91 Å². The summed E-state index contributed by atoms with van der Waals surface area (Å²) >= 11 is 6.10. The second kappa shape index (κ2) is 7.46. The fourth-order valence-electron chi connectivity index (χ4n) is 3.06. The monoisotopic (exact) mass is 422 g/mol. The van der Waals surface area contributed by atoms with Gasteiger partial charge in [-0.05, 0) is 49.9 Å². The van der Waals surface area contributed by atoms with Gasteiger partial charge >= 0.3 is 0 Å². The lowest BCUT2D eigenvalue weighted by atomic mass is 10.1. The molecule has 28 heavy (non-hydrogen) atoms. The van der Waals surface area contributed by atoms with Crippen LogP contribution in [0, 0.1) is 5.82 Å². The first-order chi connectivity index (χ1) is 13.3. The highest BCUT2D eigenvalue weighted by Crippen LogP contribution is 2.32. The number of rotatable bonds is 7. The number of nitrogens with zero attached hydrogens (tertiary/aromatic N) is 1. The molecule has 8 heteroatoms. The molecule has 0 heterocycles. The van der Waals surface area contributed by atoms with Crippen LogP contribution in [-0.2, 0) is 16.6 Å². The van der Waals surface area contributed by atoms with Gasteiger partial charge in [-0.25, -0.2) is 17.5 Å². The fraction of sp³-hybridized carbons (Fsp3) is 0.350. The Balaban J connectivity index is 1.62. The Morgan fingerprint density at radius 1 is 1.14 bits per heavy atom. The lowest BCUT2D eigenvalue weighted by Crippen LogP contribution is -2.33. The van der Waals surface area contributed by atoms with Crippen molar-refractivity contribution in [1.29, 1.82) is 0 Å². The molecule has 0 aliphatic heterocycles. The highest BCUT2D eigenvalue weighted by atomic mass is 35.5. The van der Waals surface area contributed by atoms with Gasteiger partial charge in [-0.3, -0.25) is 4.79 Å². The first-order valence-corrected chi connectivity index (χ1v) is 11.1. The van der Waals surface area contributed by atoms with E-state index in [1.165, 1.54) is 24.3 Å². The molecule has 148 valence electrons. The summed E-state index contributed by atoms with van der Waals surface area (Å²) < 4.78 is 41.8. The first-order valence-electron chi connectivity index (χ1n) is 9.21. The van der Waals surface area contributed by atoms with Crippen LogP contribution < -0.4 is 4.72 Å². The van der Waals surface area contributed by atoms with Crippen molar-refractivity contribution in [2.24, 2.45) is 0 Å². The molecule has 0 bridgehead atoms. The van der Waals surface area contributed by atoms with Gasteiger partial charge in [0.1, 0.15) is 10.7 Å². The van der Waals surface area contributed by atoms with Crippen LogP contribution >= 0.6 is 11.6 Å². The molecule has 1 N–H and O–H groups in total. The molecule has 0 saturated heterocycles. The smallest absolute Gasteiger partial charge is 0.254 e. The summed E-state index contributed by atoms with van der Waals surface area (Å²) in [6, 6.07) is 10.6. The number of benzene rings is 2. The minimum Gasteiger partial charge on any atom is -0.331 e. The number of carbonyl (C=O) groups excluding carboxylic acids is 1. The largest absolute Gasteiger partial charge is 0.331 e. The zero-order valence-corrected chi connectivity index (χ0v) is 16.6. The average Bonchev–Trinajstić information content (AvgIpc) is 3.56. The van der Waals surface area contributed by atoms with Gasteiger partial charge in [0.15, 0.2) is 0 Å². The molecule has 0 spiro atoms. The van der Waals surface area contributed by atoms with Crippen LogP contribution in [0.15, 0.2) is 47.4 Å². The molecule has 2 aromatic rings. The lowest BCUT2D eigenvalue weighted by molar-refractivity contribution is 0.0728. The predicted octanol–water partition coefficient (Wildman–Crippen LogP) is 3.72. The minimum atomic E-state index is -3.79. The van der Waals surface area contributed by atoms with Crippen molar-refractivity contribution in [1.82, 2.24) is 9.62 Å². The Morgan fingerprint density at radius 2 is 1.86 bits per heavy atom. The van der Waals surface area contributed by atoms with Crippen molar-refractivity contribution >= 4 is 27.5 Å². The number of sulfonamides is 1. The Morgan fingerprint density at radius 3 is 2.50 bits per heavy atom. The van der Waals surface area contributed by atoms with Crippen LogP contribution in [0.3, 0.4) is 0 Å². The molecule has 0 aromatic heterocycles. The molecular weight excluding hydrogens is 403 g/mol. The lowest BCUT2D eigenvalue weighted by Gasteiger charge is -2.23. The van der Waals surface area contributed by atoms with E-state index in [2.05, 4.69) is 4.72 Å². The van der Waals surface area contributed by atoms with E-state index in [1.807, 2.05) is 0 Å². The van der Waals surface area contributed by atoms with Crippen LogP contribution in [0.25, 0.3) is 0 Å². The van der Waals surface area contributed by atoms with Gasteiger partial charge in [-0.1, -0.05) is 29.8 Å². The van der Waals surface area contributed by atoms with E-state index in [1.54, 1.807) is 23.1 Å². The van der Waals surface area contributed by atoms with Crippen LogP contribution in [-0.4, -0.2) is 31.3 Å². The summed E-state index contributed by atoms with van der Waals surface area (Å²) in [5.41, 5.74) is 0.656. The van der Waals surface area contributed by atoms with Crippen molar-refractivity contribution in [2.45, 2.75) is 49.2 Å². The molecule has 0 atom stereocenters. The second-order valence-electron chi connectivity index (χ2n) is 7.30. The molecular formula is C20H20ClFN2O3S. The zero-order valence-electron chi connectivity index (χ0n) is 15.1. The molecule has 2 aliphatic rings. The maximum atomic E-state index is 14.1. The Hall–Kier alpha value is -1.96. The van der Waals surface area contributed by atoms with Crippen molar-refractivity contribution in [3.8, 4) is 0 Å². The van der Waals surface area contributed by atoms with Gasteiger partial charge in [-0.2, -0.15) is 0 Å². The van der Waals surface area contributed by atoms with Crippen LogP contribution in [0.1, 0.15) is 41.6 Å². The molecule has 1 amide bonds. The maximum Gasteiger partial charge on any atom is 0.254 e. The molecule has 0 unspecified atom stereocenters. The topological polar surface area (TPSA) is 66.5 Å². The number of hydrogen-bond acceptors (Lipinski definition) is 3. The standard InChI is InChI=1S/C20H20ClFN2O3S/c21-17-10-5-13(11-19(17)28(26,27)23-15-6-7-15)20(25)24(16-8-9-16)12-14-3-1-2-4-18(14)22/h1-5,10-11,15-16,23H,6-9,12H2. The summed E-state index contributed by atoms with van der Waals surface area (Å²) in [6.45, 7) is 0.140. The van der Waals surface area contributed by atoms with Crippen molar-refractivity contribution < 1.29 is 17.6 Å². The number of halogens is 2. The van der Waals surface area contributed by atoms with Gasteiger partial charge < -0.3 is 4.90 Å². The van der Waals surface area contributed by atoms with Gasteiger partial charge in [0, 0.05) is 29.8 Å². The third-order valence-electron chi connectivity index (χ3n) is 4.91. The number of carbonyl (C=O) groups is 1. The molecule has 5 nitrogen and oxygen atoms in total. The SMILES string of the molecule is O=C(c1ccc(Cl)c(S(=O)(=O)NC2CC2)c1)N(Cc1ccccc1F)C1CC1. The molecule has 2 aromatic carbocycles. The molecule has 2 fully saturated rings. The summed E-state index contributed by atoms with van der Waals surface area (Å²) in [5.74, 6) is -0.695. The molecule has 2 aliphatic carbocycles. The molecule has 2 saturated carbocycles. The van der Waals surface area contributed by atoms with E-state index in [0.717, 1.165) is 25.7 Å². The first kappa shape index (κ1) is 19.4. The Labute approximate surface area is 168 Å². The highest BCUT2D eigenvalue weighted by Gasteiger charge is 2.35. The van der Waals surface area contributed by atoms with E-state index in [0.29, 0.717) is 5.56 Å². The zero-order chi connectivity index (χ0) is 19.9. The average molecular weight is 423 g/mol. The molecule has 0 radical (unpaired) electrons. The normalized spacial score (nSPS) is 16.8. The Kier molecular flexibility index (Phi) is 5.16. The van der Waals surface area contributed by atoms with Crippen molar-refractivity contribution in [2.75, 3.05) is 0 Å². The van der Waals surface area contributed by atoms with Crippen molar-refractivity contribution in [3.05, 3.63) is 64.4 Å². The van der Waals surface area contributed by atoms with E-state index >= 15 is 0 Å². The third-order valence-corrected chi connectivity index (χ3v) is 6.92. The Bertz CT molecular complexity index is 1020. The van der Waals surface area contributed by atoms with E-state index < -0.39 is 10.0 Å². The van der Waals surface area contributed by atoms with Crippen LogP contribution in [0.2, 0.25) is 5.02 Å². The predicted molar refractivity (Wildman–Crippen MR) is 104 cm³/mol. The van der Waals surface area contributed by atoms with E-state index in [4.69, 9.17) is 11.6 Å². The van der Waals surface area contributed by atoms with Crippen molar-refractivity contribution in [3.63, 3.8) is 0 Å². The van der Waals surface area contributed by atoms with E-state index in [9.17, 15) is 17.6 Å². The van der Waals surface area contributed by atoms with Gasteiger partial charge in [0.05, 0.1) is 5.02 Å². The summed E-state index contributed by atoms with van der Waals surface area (Å²) in [4.78, 5) is 14.6. The van der Waals surface area contributed by atoms with Crippen LogP contribution in [0.4, 0.5) is 4.39 Å². The van der Waals surface area contributed by atoms with Gasteiger partial charge in [-0.15, -0.1) is 0 Å². The highest BCUT2D eigenvalue weighted by molar-refractivity contribution is 7.89. The maximum absolute atomic E-state index is 14.1. The van der Waals surface area contributed by atoms with Gasteiger partial charge in [0.2, 0.25) is 10.0 Å². The molecule has 4 rings (SSSR count). The second-order valence-corrected chi connectivity index (χ2v) is 9.39. The number of nitrogens with one attached hydrogen (secondary N) is 1. The van der Waals surface area contributed by atoms with E-state index in [-0.39, 0.29) is 45.8 Å². The third kappa shape index (κ3) is 4.21. The summed E-state index contributed by atoms with van der Waals surface area (Å²) in [5, 5.41) is 0.0665. The summed E-state index contributed by atoms with van der Waals surface area (Å²) in [7, 11) is -3.79. The minimum absolute atomic E-state index is 0.0347. The number of hydrogen-bond donors (Lipinski definition) is 1. The fourth-order valence-corrected chi connectivity index (χ4v) is 4.89. The number of amides is 1.